The van der Waals surface area contributed by atoms with Gasteiger partial charge in [0.05, 0.1) is 0 Å². The molecule has 0 bridgehead atoms. The van der Waals surface area contributed by atoms with Crippen molar-refractivity contribution < 1.29 is 24.2 Å². The maximum Gasteiger partial charge on any atom is 0.407 e. The van der Waals surface area contributed by atoms with Gasteiger partial charge in [0, 0.05) is 24.9 Å². The van der Waals surface area contributed by atoms with Crippen LogP contribution in [0.2, 0.25) is 0 Å². The van der Waals surface area contributed by atoms with Crippen molar-refractivity contribution in [3.63, 3.8) is 0 Å². The van der Waals surface area contributed by atoms with Crippen molar-refractivity contribution in [3.05, 3.63) is 59.7 Å². The Morgan fingerprint density at radius 1 is 0.912 bits per heavy atom. The Labute approximate surface area is 200 Å². The van der Waals surface area contributed by atoms with Gasteiger partial charge in [0.2, 0.25) is 5.91 Å². The SMILES string of the molecule is O=C(O)CN(C(=O)CCCCCCNC(=O)OCC1c2ccccc2-c2ccccc21)C1CC1. The van der Waals surface area contributed by atoms with Gasteiger partial charge in [-0.15, -0.1) is 0 Å². The van der Waals surface area contributed by atoms with Gasteiger partial charge < -0.3 is 20.1 Å². The number of carboxylic acid groups (broad SMARTS) is 1. The molecule has 0 saturated heterocycles. The van der Waals surface area contributed by atoms with Gasteiger partial charge in [-0.1, -0.05) is 61.4 Å². The topological polar surface area (TPSA) is 95.9 Å². The van der Waals surface area contributed by atoms with Crippen LogP contribution in [0.5, 0.6) is 0 Å². The predicted octanol–water partition coefficient (Wildman–Crippen LogP) is 4.55. The second kappa shape index (κ2) is 11.2. The minimum absolute atomic E-state index is 0.0482. The molecule has 2 aromatic rings. The van der Waals surface area contributed by atoms with Crippen molar-refractivity contribution in [1.82, 2.24) is 10.2 Å². The molecule has 0 heterocycles. The number of fused-ring (bicyclic) bond motifs is 3. The van der Waals surface area contributed by atoms with Crippen LogP contribution in [0.15, 0.2) is 48.5 Å². The van der Waals surface area contributed by atoms with Gasteiger partial charge in [-0.3, -0.25) is 9.59 Å². The summed E-state index contributed by atoms with van der Waals surface area (Å²) in [6, 6.07) is 16.6. The fourth-order valence-corrected chi connectivity index (χ4v) is 4.69. The first kappa shape index (κ1) is 23.8. The Hall–Kier alpha value is -3.35. The zero-order chi connectivity index (χ0) is 23.9. The molecule has 34 heavy (non-hydrogen) atoms. The number of rotatable bonds is 12. The largest absolute Gasteiger partial charge is 0.480 e. The summed E-state index contributed by atoms with van der Waals surface area (Å²) in [6.45, 7) is 0.626. The van der Waals surface area contributed by atoms with Crippen LogP contribution in [-0.2, 0) is 14.3 Å². The Kier molecular flexibility index (Phi) is 7.83. The number of carbonyl (C=O) groups is 3. The number of unbranched alkanes of at least 4 members (excludes halogenated alkanes) is 3. The van der Waals surface area contributed by atoms with Crippen molar-refractivity contribution in [3.8, 4) is 11.1 Å². The van der Waals surface area contributed by atoms with Crippen LogP contribution in [0.25, 0.3) is 11.1 Å². The molecule has 7 nitrogen and oxygen atoms in total. The lowest BCUT2D eigenvalue weighted by atomic mass is 9.98. The number of amides is 2. The fraction of sp³-hybridized carbons (Fsp3) is 0.444. The highest BCUT2D eigenvalue weighted by atomic mass is 16.5. The highest BCUT2D eigenvalue weighted by Gasteiger charge is 2.33. The predicted molar refractivity (Wildman–Crippen MR) is 129 cm³/mol. The van der Waals surface area contributed by atoms with E-state index in [1.807, 2.05) is 24.3 Å². The van der Waals surface area contributed by atoms with E-state index < -0.39 is 12.1 Å². The molecule has 1 saturated carbocycles. The summed E-state index contributed by atoms with van der Waals surface area (Å²) in [5.74, 6) is -0.978. The number of hydrogen-bond donors (Lipinski definition) is 2. The molecule has 7 heteroatoms. The number of carbonyl (C=O) groups excluding carboxylic acids is 2. The number of benzene rings is 2. The molecule has 1 fully saturated rings. The summed E-state index contributed by atoms with van der Waals surface area (Å²) < 4.78 is 5.54. The lowest BCUT2D eigenvalue weighted by Gasteiger charge is -2.20. The van der Waals surface area contributed by atoms with E-state index in [-0.39, 0.29) is 24.4 Å². The van der Waals surface area contributed by atoms with Gasteiger partial charge in [-0.2, -0.15) is 0 Å². The monoisotopic (exact) mass is 464 g/mol. The van der Waals surface area contributed by atoms with E-state index in [1.54, 1.807) is 0 Å². The van der Waals surface area contributed by atoms with Crippen molar-refractivity contribution in [2.45, 2.75) is 56.9 Å². The third-order valence-corrected chi connectivity index (χ3v) is 6.54. The Morgan fingerprint density at radius 2 is 1.53 bits per heavy atom. The van der Waals surface area contributed by atoms with Crippen LogP contribution in [0, 0.1) is 0 Å². The first-order chi connectivity index (χ1) is 16.5. The molecule has 4 rings (SSSR count). The van der Waals surface area contributed by atoms with E-state index in [0.29, 0.717) is 19.6 Å². The van der Waals surface area contributed by atoms with Crippen molar-refractivity contribution in [1.29, 1.82) is 0 Å². The highest BCUT2D eigenvalue weighted by Crippen LogP contribution is 2.44. The van der Waals surface area contributed by atoms with Gasteiger partial charge in [-0.25, -0.2) is 4.79 Å². The normalized spacial score (nSPS) is 14.2. The van der Waals surface area contributed by atoms with E-state index in [9.17, 15) is 14.4 Å². The van der Waals surface area contributed by atoms with Gasteiger partial charge in [0.1, 0.15) is 13.2 Å². The molecular weight excluding hydrogens is 432 g/mol. The molecule has 0 spiro atoms. The summed E-state index contributed by atoms with van der Waals surface area (Å²) >= 11 is 0. The van der Waals surface area contributed by atoms with Crippen LogP contribution in [0.4, 0.5) is 4.79 Å². The summed E-state index contributed by atoms with van der Waals surface area (Å²) in [4.78, 5) is 36.9. The average molecular weight is 465 g/mol. The summed E-state index contributed by atoms with van der Waals surface area (Å²) in [6.07, 6.45) is 5.06. The molecule has 2 N–H and O–H groups in total. The standard InChI is InChI=1S/C27H32N2O5/c30-25(29(17-26(31)32)19-14-15-19)13-3-1-2-8-16-28-27(33)34-18-24-22-11-6-4-9-20(22)21-10-5-7-12-23(21)24/h4-7,9-12,19,24H,1-3,8,13-18H2,(H,28,33)(H,31,32). The molecule has 2 aromatic carbocycles. The molecule has 0 atom stereocenters. The van der Waals surface area contributed by atoms with Crippen molar-refractivity contribution in [2.24, 2.45) is 0 Å². The minimum Gasteiger partial charge on any atom is -0.480 e. The lowest BCUT2D eigenvalue weighted by Crippen LogP contribution is -2.37. The van der Waals surface area contributed by atoms with Gasteiger partial charge >= 0.3 is 12.1 Å². The molecule has 180 valence electrons. The van der Waals surface area contributed by atoms with Gasteiger partial charge in [-0.05, 0) is 47.9 Å². The van der Waals surface area contributed by atoms with Gasteiger partial charge in [0.25, 0.3) is 0 Å². The Balaban J connectivity index is 1.11. The van der Waals surface area contributed by atoms with Crippen LogP contribution < -0.4 is 5.32 Å². The maximum absolute atomic E-state index is 12.3. The molecular formula is C27H32N2O5. The van der Waals surface area contributed by atoms with E-state index in [4.69, 9.17) is 9.84 Å². The first-order valence-corrected chi connectivity index (χ1v) is 12.1. The first-order valence-electron chi connectivity index (χ1n) is 12.1. The molecule has 0 aliphatic heterocycles. The third kappa shape index (κ3) is 5.95. The van der Waals surface area contributed by atoms with E-state index in [0.717, 1.165) is 38.5 Å². The number of hydrogen-bond acceptors (Lipinski definition) is 4. The Bertz CT molecular complexity index is 988. The van der Waals surface area contributed by atoms with Gasteiger partial charge in [0.15, 0.2) is 0 Å². The molecule has 0 radical (unpaired) electrons. The number of alkyl carbamates (subject to hydrolysis) is 1. The molecule has 2 amide bonds. The quantitative estimate of drug-likeness (QED) is 0.449. The molecule has 2 aliphatic rings. The highest BCUT2D eigenvalue weighted by molar-refractivity contribution is 5.82. The van der Waals surface area contributed by atoms with Crippen LogP contribution >= 0.6 is 0 Å². The molecule has 0 aromatic heterocycles. The number of nitrogens with one attached hydrogen (secondary N) is 1. The minimum atomic E-state index is -0.959. The molecule has 2 aliphatic carbocycles. The number of nitrogens with zero attached hydrogens (tertiary/aromatic N) is 1. The summed E-state index contributed by atoms with van der Waals surface area (Å²) in [5, 5.41) is 11.8. The second-order valence-corrected chi connectivity index (χ2v) is 9.06. The number of aliphatic carboxylic acids is 1. The summed E-state index contributed by atoms with van der Waals surface area (Å²) in [5.41, 5.74) is 4.78. The Morgan fingerprint density at radius 3 is 2.15 bits per heavy atom. The maximum atomic E-state index is 12.3. The summed E-state index contributed by atoms with van der Waals surface area (Å²) in [7, 11) is 0. The van der Waals surface area contributed by atoms with Crippen molar-refractivity contribution in [2.75, 3.05) is 19.7 Å². The third-order valence-electron chi connectivity index (χ3n) is 6.54. The zero-order valence-electron chi connectivity index (χ0n) is 19.4. The zero-order valence-corrected chi connectivity index (χ0v) is 19.4. The van der Waals surface area contributed by atoms with Crippen LogP contribution in [0.1, 0.15) is 62.0 Å². The average Bonchev–Trinajstić information content (AvgIpc) is 3.63. The van der Waals surface area contributed by atoms with Crippen LogP contribution in [0.3, 0.4) is 0 Å². The van der Waals surface area contributed by atoms with E-state index in [1.165, 1.54) is 27.2 Å². The van der Waals surface area contributed by atoms with Crippen molar-refractivity contribution >= 4 is 18.0 Å². The molecule has 0 unspecified atom stereocenters. The fourth-order valence-electron chi connectivity index (χ4n) is 4.69. The smallest absolute Gasteiger partial charge is 0.407 e. The lowest BCUT2D eigenvalue weighted by molar-refractivity contribution is -0.145. The van der Waals surface area contributed by atoms with E-state index in [2.05, 4.69) is 29.6 Å². The number of carboxylic acids is 1. The van der Waals surface area contributed by atoms with Crippen LogP contribution in [-0.4, -0.2) is 53.7 Å². The van der Waals surface area contributed by atoms with E-state index >= 15 is 0 Å². The second-order valence-electron chi connectivity index (χ2n) is 9.06. The number of ether oxygens (including phenoxy) is 1.